The normalized spacial score (nSPS) is 16.3. The van der Waals surface area contributed by atoms with Crippen molar-refractivity contribution in [2.24, 2.45) is 4.99 Å². The van der Waals surface area contributed by atoms with E-state index in [0.29, 0.717) is 5.04 Å². The average molecular weight is 368 g/mol. The van der Waals surface area contributed by atoms with Gasteiger partial charge in [0.2, 0.25) is 5.91 Å². The van der Waals surface area contributed by atoms with E-state index in [0.717, 1.165) is 22.6 Å². The zero-order chi connectivity index (χ0) is 18.5. The minimum atomic E-state index is -0.491. The Balaban J connectivity index is 1.52. The first kappa shape index (κ1) is 18.2. The summed E-state index contributed by atoms with van der Waals surface area (Å²) in [6.07, 6.45) is 0.0925. The van der Waals surface area contributed by atoms with Gasteiger partial charge in [-0.05, 0) is 43.2 Å². The SMILES string of the molecule is Cc1ccc(C)c(NC(=O)C[C@@H]2SC(COc3ccccc3)=NC2=O)c1. The molecule has 0 aliphatic carbocycles. The number of para-hydroxylation sites is 1. The number of carbonyl (C=O) groups excluding carboxylic acids is 2. The van der Waals surface area contributed by atoms with Crippen molar-refractivity contribution in [1.82, 2.24) is 0 Å². The Morgan fingerprint density at radius 3 is 2.73 bits per heavy atom. The molecule has 0 saturated heterocycles. The van der Waals surface area contributed by atoms with Gasteiger partial charge in [-0.1, -0.05) is 42.1 Å². The van der Waals surface area contributed by atoms with E-state index in [2.05, 4.69) is 10.3 Å². The zero-order valence-electron chi connectivity index (χ0n) is 14.7. The molecule has 0 saturated carbocycles. The molecule has 5 nitrogen and oxygen atoms in total. The summed E-state index contributed by atoms with van der Waals surface area (Å²) in [5, 5.41) is 2.99. The van der Waals surface area contributed by atoms with Crippen LogP contribution in [0.4, 0.5) is 5.69 Å². The number of ether oxygens (including phenoxy) is 1. The highest BCUT2D eigenvalue weighted by Crippen LogP contribution is 2.26. The minimum absolute atomic E-state index is 0.0925. The molecule has 1 N–H and O–H groups in total. The standard InChI is InChI=1S/C20H20N2O3S/c1-13-8-9-14(2)16(10-13)21-18(23)11-17-20(24)22-19(26-17)12-25-15-6-4-3-5-7-15/h3-10,17H,11-12H2,1-2H3,(H,21,23)/t17-/m0/s1. The van der Waals surface area contributed by atoms with Crippen LogP contribution < -0.4 is 10.1 Å². The summed E-state index contributed by atoms with van der Waals surface area (Å²) in [7, 11) is 0. The van der Waals surface area contributed by atoms with Gasteiger partial charge in [-0.3, -0.25) is 9.59 Å². The van der Waals surface area contributed by atoms with E-state index in [-0.39, 0.29) is 24.8 Å². The maximum absolute atomic E-state index is 12.3. The van der Waals surface area contributed by atoms with Crippen LogP contribution in [0.2, 0.25) is 0 Å². The lowest BCUT2D eigenvalue weighted by Crippen LogP contribution is -2.22. The molecule has 2 amide bonds. The maximum Gasteiger partial charge on any atom is 0.260 e. The van der Waals surface area contributed by atoms with Crippen LogP contribution >= 0.6 is 11.8 Å². The van der Waals surface area contributed by atoms with Crippen molar-refractivity contribution in [3.63, 3.8) is 0 Å². The Morgan fingerprint density at radius 1 is 1.19 bits per heavy atom. The highest BCUT2D eigenvalue weighted by Gasteiger charge is 2.30. The second kappa shape index (κ2) is 8.19. The number of hydrogen-bond acceptors (Lipinski definition) is 4. The Bertz CT molecular complexity index is 849. The Kier molecular flexibility index (Phi) is 5.73. The van der Waals surface area contributed by atoms with E-state index in [4.69, 9.17) is 4.74 Å². The quantitative estimate of drug-likeness (QED) is 0.843. The fourth-order valence-electron chi connectivity index (χ4n) is 2.53. The minimum Gasteiger partial charge on any atom is -0.487 e. The molecule has 2 aromatic rings. The van der Waals surface area contributed by atoms with Gasteiger partial charge in [0.25, 0.3) is 5.91 Å². The lowest BCUT2D eigenvalue weighted by atomic mass is 10.1. The van der Waals surface area contributed by atoms with Gasteiger partial charge in [0.1, 0.15) is 22.7 Å². The highest BCUT2D eigenvalue weighted by atomic mass is 32.2. The molecular formula is C20H20N2O3S. The molecule has 26 heavy (non-hydrogen) atoms. The lowest BCUT2D eigenvalue weighted by molar-refractivity contribution is -0.121. The highest BCUT2D eigenvalue weighted by molar-refractivity contribution is 8.15. The summed E-state index contributed by atoms with van der Waals surface area (Å²) in [5.74, 6) is 0.252. The maximum atomic E-state index is 12.3. The molecule has 2 aromatic carbocycles. The van der Waals surface area contributed by atoms with Gasteiger partial charge >= 0.3 is 0 Å². The van der Waals surface area contributed by atoms with E-state index >= 15 is 0 Å². The molecule has 0 bridgehead atoms. The van der Waals surface area contributed by atoms with Crippen molar-refractivity contribution >= 4 is 34.3 Å². The molecule has 134 valence electrons. The molecule has 3 rings (SSSR count). The zero-order valence-corrected chi connectivity index (χ0v) is 15.5. The van der Waals surface area contributed by atoms with Crippen molar-refractivity contribution in [3.05, 3.63) is 59.7 Å². The van der Waals surface area contributed by atoms with Crippen LogP contribution in [0.25, 0.3) is 0 Å². The molecule has 0 radical (unpaired) electrons. The molecule has 1 atom stereocenters. The Morgan fingerprint density at radius 2 is 1.96 bits per heavy atom. The van der Waals surface area contributed by atoms with Crippen LogP contribution in [0.1, 0.15) is 17.5 Å². The van der Waals surface area contributed by atoms with Crippen molar-refractivity contribution in [2.45, 2.75) is 25.5 Å². The first-order chi connectivity index (χ1) is 12.5. The molecule has 1 heterocycles. The van der Waals surface area contributed by atoms with Crippen molar-refractivity contribution < 1.29 is 14.3 Å². The van der Waals surface area contributed by atoms with E-state index in [1.165, 1.54) is 11.8 Å². The molecule has 6 heteroatoms. The Labute approximate surface area is 156 Å². The van der Waals surface area contributed by atoms with Gasteiger partial charge in [0.05, 0.1) is 0 Å². The second-order valence-electron chi connectivity index (χ2n) is 6.12. The Hall–Kier alpha value is -2.60. The number of carbonyl (C=O) groups is 2. The molecule has 0 aromatic heterocycles. The van der Waals surface area contributed by atoms with Gasteiger partial charge in [-0.25, -0.2) is 4.99 Å². The second-order valence-corrected chi connectivity index (χ2v) is 7.40. The molecule has 0 spiro atoms. The van der Waals surface area contributed by atoms with E-state index in [1.54, 1.807) is 0 Å². The van der Waals surface area contributed by atoms with Crippen LogP contribution in [-0.4, -0.2) is 28.7 Å². The number of amides is 2. The number of hydrogen-bond donors (Lipinski definition) is 1. The fourth-order valence-corrected chi connectivity index (χ4v) is 3.52. The van der Waals surface area contributed by atoms with Crippen molar-refractivity contribution in [1.29, 1.82) is 0 Å². The third-order valence-corrected chi connectivity index (χ3v) is 5.07. The predicted molar refractivity (Wildman–Crippen MR) is 105 cm³/mol. The number of anilines is 1. The third-order valence-electron chi connectivity index (χ3n) is 3.93. The summed E-state index contributed by atoms with van der Waals surface area (Å²) in [5.41, 5.74) is 2.84. The van der Waals surface area contributed by atoms with Gasteiger partial charge in [0, 0.05) is 12.1 Å². The summed E-state index contributed by atoms with van der Waals surface area (Å²) < 4.78 is 5.61. The van der Waals surface area contributed by atoms with Gasteiger partial charge in [-0.15, -0.1) is 0 Å². The fraction of sp³-hybridized carbons (Fsp3) is 0.250. The molecule has 1 aliphatic heterocycles. The first-order valence-electron chi connectivity index (χ1n) is 8.34. The van der Waals surface area contributed by atoms with E-state index in [1.807, 2.05) is 62.4 Å². The average Bonchev–Trinajstić information content (AvgIpc) is 2.97. The number of nitrogens with zero attached hydrogens (tertiary/aromatic N) is 1. The van der Waals surface area contributed by atoms with Crippen molar-refractivity contribution in [3.8, 4) is 5.75 Å². The number of rotatable bonds is 6. The van der Waals surface area contributed by atoms with Gasteiger partial charge in [0.15, 0.2) is 0 Å². The molecule has 0 fully saturated rings. The summed E-state index contributed by atoms with van der Waals surface area (Å²) >= 11 is 1.30. The van der Waals surface area contributed by atoms with Gasteiger partial charge < -0.3 is 10.1 Å². The molecular weight excluding hydrogens is 348 g/mol. The van der Waals surface area contributed by atoms with E-state index in [9.17, 15) is 9.59 Å². The number of benzene rings is 2. The smallest absolute Gasteiger partial charge is 0.260 e. The van der Waals surface area contributed by atoms with Crippen LogP contribution in [0.5, 0.6) is 5.75 Å². The van der Waals surface area contributed by atoms with Crippen LogP contribution in [0.15, 0.2) is 53.5 Å². The van der Waals surface area contributed by atoms with Crippen molar-refractivity contribution in [2.75, 3.05) is 11.9 Å². The van der Waals surface area contributed by atoms with Crippen LogP contribution in [-0.2, 0) is 9.59 Å². The molecule has 0 unspecified atom stereocenters. The number of nitrogens with one attached hydrogen (secondary N) is 1. The number of aliphatic imine (C=N–C) groups is 1. The monoisotopic (exact) mass is 368 g/mol. The first-order valence-corrected chi connectivity index (χ1v) is 9.22. The van der Waals surface area contributed by atoms with Gasteiger partial charge in [-0.2, -0.15) is 0 Å². The molecule has 1 aliphatic rings. The predicted octanol–water partition coefficient (Wildman–Crippen LogP) is 3.75. The number of thioether (sulfide) groups is 1. The van der Waals surface area contributed by atoms with Crippen LogP contribution in [0.3, 0.4) is 0 Å². The summed E-state index contributed by atoms with van der Waals surface area (Å²) in [6.45, 7) is 4.14. The topological polar surface area (TPSA) is 67.8 Å². The number of aryl methyl sites for hydroxylation is 2. The lowest BCUT2D eigenvalue weighted by Gasteiger charge is -2.11. The van der Waals surface area contributed by atoms with Crippen LogP contribution in [0, 0.1) is 13.8 Å². The summed E-state index contributed by atoms with van der Waals surface area (Å²) in [4.78, 5) is 28.4. The third kappa shape index (κ3) is 4.73. The largest absolute Gasteiger partial charge is 0.487 e. The van der Waals surface area contributed by atoms with E-state index < -0.39 is 5.25 Å². The summed E-state index contributed by atoms with van der Waals surface area (Å²) in [6, 6.07) is 15.2.